The summed E-state index contributed by atoms with van der Waals surface area (Å²) < 4.78 is 0. The molecule has 3 rings (SSSR count). The highest BCUT2D eigenvalue weighted by Gasteiger charge is 2.41. The molecule has 0 bridgehead atoms. The van der Waals surface area contributed by atoms with E-state index in [-0.39, 0.29) is 29.8 Å². The number of fused-ring (bicyclic) bond motifs is 1. The number of nitrogens with one attached hydrogen (secondary N) is 2. The monoisotopic (exact) mass is 372 g/mol. The minimum absolute atomic E-state index is 0.0704. The highest BCUT2D eigenvalue weighted by molar-refractivity contribution is 5.83. The van der Waals surface area contributed by atoms with Gasteiger partial charge in [-0.1, -0.05) is 44.2 Å². The van der Waals surface area contributed by atoms with Crippen LogP contribution in [0, 0.1) is 5.92 Å². The average Bonchev–Trinajstić information content (AvgIpc) is 3.09. The van der Waals surface area contributed by atoms with Crippen molar-refractivity contribution < 1.29 is 9.59 Å². The summed E-state index contributed by atoms with van der Waals surface area (Å²) in [7, 11) is 0. The van der Waals surface area contributed by atoms with Crippen LogP contribution in [0.15, 0.2) is 30.3 Å². The van der Waals surface area contributed by atoms with Gasteiger partial charge in [0.2, 0.25) is 11.8 Å². The zero-order valence-corrected chi connectivity index (χ0v) is 16.4. The van der Waals surface area contributed by atoms with Crippen LogP contribution in [0.5, 0.6) is 0 Å². The third-order valence-corrected chi connectivity index (χ3v) is 5.90. The molecule has 2 aliphatic heterocycles. The number of piperidine rings is 1. The van der Waals surface area contributed by atoms with E-state index < -0.39 is 6.04 Å². The third-order valence-electron chi connectivity index (χ3n) is 5.90. The predicted octanol–water partition coefficient (Wildman–Crippen LogP) is 1.40. The Morgan fingerprint density at radius 1 is 1.15 bits per heavy atom. The maximum absolute atomic E-state index is 12.7. The van der Waals surface area contributed by atoms with E-state index in [1.165, 1.54) is 0 Å². The molecular formula is C21H32N4O2. The molecule has 0 saturated carbocycles. The first-order valence-corrected chi connectivity index (χ1v) is 10.1. The summed E-state index contributed by atoms with van der Waals surface area (Å²) >= 11 is 0. The molecule has 4 atom stereocenters. The Morgan fingerprint density at radius 3 is 2.56 bits per heavy atom. The van der Waals surface area contributed by atoms with Gasteiger partial charge in [-0.25, -0.2) is 0 Å². The maximum Gasteiger partial charge on any atom is 0.237 e. The zero-order chi connectivity index (χ0) is 19.4. The first-order valence-electron chi connectivity index (χ1n) is 10.1. The van der Waals surface area contributed by atoms with Crippen molar-refractivity contribution >= 4 is 11.8 Å². The summed E-state index contributed by atoms with van der Waals surface area (Å²) in [6.45, 7) is 5.19. The number of carbonyl (C=O) groups excluding carboxylic acids is 2. The van der Waals surface area contributed by atoms with Gasteiger partial charge in [0.25, 0.3) is 0 Å². The molecule has 6 heteroatoms. The van der Waals surface area contributed by atoms with E-state index in [2.05, 4.69) is 15.5 Å². The van der Waals surface area contributed by atoms with Gasteiger partial charge in [0, 0.05) is 25.2 Å². The van der Waals surface area contributed by atoms with E-state index in [0.29, 0.717) is 12.6 Å². The number of hydrogen-bond acceptors (Lipinski definition) is 4. The first kappa shape index (κ1) is 19.8. The number of rotatable bonds is 6. The van der Waals surface area contributed by atoms with Gasteiger partial charge < -0.3 is 16.4 Å². The Morgan fingerprint density at radius 2 is 1.85 bits per heavy atom. The number of hydrogen-bond donors (Lipinski definition) is 3. The molecule has 4 N–H and O–H groups in total. The molecule has 1 aromatic carbocycles. The summed E-state index contributed by atoms with van der Waals surface area (Å²) in [4.78, 5) is 27.3. The summed E-state index contributed by atoms with van der Waals surface area (Å²) in [6, 6.07) is 9.90. The Hall–Kier alpha value is -1.92. The molecule has 0 unspecified atom stereocenters. The van der Waals surface area contributed by atoms with Crippen molar-refractivity contribution in [2.75, 3.05) is 6.54 Å². The molecule has 2 amide bonds. The number of benzene rings is 1. The van der Waals surface area contributed by atoms with E-state index in [1.54, 1.807) is 0 Å². The normalized spacial score (nSPS) is 26.4. The third kappa shape index (κ3) is 4.87. The first-order chi connectivity index (χ1) is 13.0. The maximum atomic E-state index is 12.7. The highest BCUT2D eigenvalue weighted by Crippen LogP contribution is 2.31. The van der Waals surface area contributed by atoms with Crippen molar-refractivity contribution in [3.63, 3.8) is 0 Å². The molecule has 1 aromatic rings. The van der Waals surface area contributed by atoms with Crippen molar-refractivity contribution in [1.82, 2.24) is 15.5 Å². The van der Waals surface area contributed by atoms with E-state index in [1.807, 2.05) is 44.2 Å². The van der Waals surface area contributed by atoms with E-state index >= 15 is 0 Å². The molecule has 0 aliphatic carbocycles. The molecule has 0 aromatic heterocycles. The van der Waals surface area contributed by atoms with Crippen molar-refractivity contribution in [1.29, 1.82) is 0 Å². The van der Waals surface area contributed by atoms with E-state index in [0.717, 1.165) is 37.8 Å². The lowest BCUT2D eigenvalue weighted by Crippen LogP contribution is -2.57. The van der Waals surface area contributed by atoms with Crippen molar-refractivity contribution in [2.24, 2.45) is 11.7 Å². The van der Waals surface area contributed by atoms with Crippen molar-refractivity contribution in [3.05, 3.63) is 35.9 Å². The minimum atomic E-state index is -0.480. The summed E-state index contributed by atoms with van der Waals surface area (Å²) in [5.41, 5.74) is 7.07. The molecule has 0 radical (unpaired) electrons. The Balaban J connectivity index is 1.54. The standard InChI is InChI=1S/C21H32N4O2/c1-14(2)19(22)21(27)24-16-8-9-17-10-11-18(25(17)13-16)20(26)23-12-15-6-4-3-5-7-15/h3-7,14,16-19H,8-13,22H2,1-2H3,(H,23,26)(H,24,27)/t16-,17-,18-,19-/m0/s1. The molecule has 6 nitrogen and oxygen atoms in total. The molecule has 2 heterocycles. The van der Waals surface area contributed by atoms with Crippen LogP contribution in [0.2, 0.25) is 0 Å². The molecule has 2 aliphatic rings. The number of nitrogens with zero attached hydrogens (tertiary/aromatic N) is 1. The molecule has 0 spiro atoms. The van der Waals surface area contributed by atoms with Crippen molar-refractivity contribution in [2.45, 2.75) is 70.2 Å². The zero-order valence-electron chi connectivity index (χ0n) is 16.4. The predicted molar refractivity (Wildman–Crippen MR) is 106 cm³/mol. The van der Waals surface area contributed by atoms with Crippen LogP contribution in [0.3, 0.4) is 0 Å². The molecular weight excluding hydrogens is 340 g/mol. The quantitative estimate of drug-likeness (QED) is 0.704. The molecule has 2 fully saturated rings. The second-order valence-corrected chi connectivity index (χ2v) is 8.20. The molecule has 2 saturated heterocycles. The van der Waals surface area contributed by atoms with Gasteiger partial charge in [0.1, 0.15) is 0 Å². The van der Waals surface area contributed by atoms with E-state index in [9.17, 15) is 9.59 Å². The lowest BCUT2D eigenvalue weighted by atomic mass is 9.97. The fourth-order valence-corrected chi connectivity index (χ4v) is 4.16. The van der Waals surface area contributed by atoms with Gasteiger partial charge in [0.15, 0.2) is 0 Å². The van der Waals surface area contributed by atoms with Gasteiger partial charge in [0.05, 0.1) is 12.1 Å². The van der Waals surface area contributed by atoms with Crippen LogP contribution in [0.25, 0.3) is 0 Å². The lowest BCUT2D eigenvalue weighted by Gasteiger charge is -2.38. The topological polar surface area (TPSA) is 87.5 Å². The fourth-order valence-electron chi connectivity index (χ4n) is 4.16. The van der Waals surface area contributed by atoms with Crippen LogP contribution >= 0.6 is 0 Å². The SMILES string of the molecule is CC(C)[C@H](N)C(=O)N[C@H]1CC[C@H]2CC[C@@H](C(=O)NCc3ccccc3)N2C1. The van der Waals surface area contributed by atoms with E-state index in [4.69, 9.17) is 5.73 Å². The van der Waals surface area contributed by atoms with Gasteiger partial charge >= 0.3 is 0 Å². The Kier molecular flexibility index (Phi) is 6.50. The smallest absolute Gasteiger partial charge is 0.237 e. The van der Waals surface area contributed by atoms with Crippen LogP contribution in [-0.4, -0.2) is 47.4 Å². The Labute approximate surface area is 161 Å². The lowest BCUT2D eigenvalue weighted by molar-refractivity contribution is -0.127. The van der Waals surface area contributed by atoms with Gasteiger partial charge in [-0.3, -0.25) is 14.5 Å². The fraction of sp³-hybridized carbons (Fsp3) is 0.619. The second kappa shape index (κ2) is 8.85. The summed E-state index contributed by atoms with van der Waals surface area (Å²) in [5.74, 6) is 0.120. The van der Waals surface area contributed by atoms with Crippen LogP contribution < -0.4 is 16.4 Å². The van der Waals surface area contributed by atoms with Gasteiger partial charge in [-0.15, -0.1) is 0 Å². The van der Waals surface area contributed by atoms with Gasteiger partial charge in [-0.2, -0.15) is 0 Å². The molecule has 148 valence electrons. The van der Waals surface area contributed by atoms with Crippen molar-refractivity contribution in [3.8, 4) is 0 Å². The second-order valence-electron chi connectivity index (χ2n) is 8.20. The number of nitrogens with two attached hydrogens (primary N) is 1. The number of carbonyl (C=O) groups is 2. The van der Waals surface area contributed by atoms with Gasteiger partial charge in [-0.05, 0) is 37.2 Å². The Bertz CT molecular complexity index is 649. The minimum Gasteiger partial charge on any atom is -0.351 e. The van der Waals surface area contributed by atoms with Crippen LogP contribution in [0.1, 0.15) is 45.1 Å². The average molecular weight is 373 g/mol. The largest absolute Gasteiger partial charge is 0.351 e. The summed E-state index contributed by atoms with van der Waals surface area (Å²) in [6.07, 6.45) is 3.91. The number of amides is 2. The molecule has 27 heavy (non-hydrogen) atoms. The van der Waals surface area contributed by atoms with Crippen LogP contribution in [-0.2, 0) is 16.1 Å². The summed E-state index contributed by atoms with van der Waals surface area (Å²) in [5, 5.41) is 6.17. The highest BCUT2D eigenvalue weighted by atomic mass is 16.2. The van der Waals surface area contributed by atoms with Crippen LogP contribution in [0.4, 0.5) is 0 Å².